The van der Waals surface area contributed by atoms with Gasteiger partial charge in [-0.25, -0.2) is 0 Å². The summed E-state index contributed by atoms with van der Waals surface area (Å²) in [7, 11) is -0.266. The van der Waals surface area contributed by atoms with Gasteiger partial charge in [0.05, 0.1) is 0 Å². The third-order valence-electron chi connectivity index (χ3n) is 1.54. The topological polar surface area (TPSA) is 61.5 Å². The Balaban J connectivity index is 3.31. The third kappa shape index (κ3) is 6.53. The van der Waals surface area contributed by atoms with Crippen molar-refractivity contribution in [2.24, 2.45) is 5.73 Å². The van der Waals surface area contributed by atoms with Crippen LogP contribution < -0.4 is 5.73 Å². The smallest absolute Gasteiger partial charge is 0.305 e. The maximum absolute atomic E-state index is 10.9. The second kappa shape index (κ2) is 7.47. The fourth-order valence-electron chi connectivity index (χ4n) is 0.684. The van der Waals surface area contributed by atoms with Crippen LogP contribution in [-0.4, -0.2) is 38.6 Å². The van der Waals surface area contributed by atoms with E-state index in [0.717, 1.165) is 16.5 Å². The van der Waals surface area contributed by atoms with Crippen LogP contribution in [0.3, 0.4) is 0 Å². The van der Waals surface area contributed by atoms with Crippen molar-refractivity contribution in [2.75, 3.05) is 13.2 Å². The normalized spacial score (nSPS) is 12.8. The molecule has 4 nitrogen and oxygen atoms in total. The lowest BCUT2D eigenvalue weighted by molar-refractivity contribution is -0.142. The van der Waals surface area contributed by atoms with Crippen LogP contribution in [0.2, 0.25) is 12.6 Å². The number of nitrogens with two attached hydrogens (primary N) is 1. The van der Waals surface area contributed by atoms with E-state index >= 15 is 0 Å². The second-order valence-electron chi connectivity index (χ2n) is 2.59. The van der Waals surface area contributed by atoms with Gasteiger partial charge in [-0.2, -0.15) is 0 Å². The van der Waals surface area contributed by atoms with Gasteiger partial charge in [0.25, 0.3) is 0 Å². The molecule has 0 saturated carbocycles. The van der Waals surface area contributed by atoms with Gasteiger partial charge in [0.2, 0.25) is 0 Å². The molecule has 1 unspecified atom stereocenters. The minimum Gasteiger partial charge on any atom is -0.466 e. The number of esters is 1. The number of hydrogen-bond donors (Lipinski definition) is 1. The Morgan fingerprint density at radius 2 is 2.33 bits per heavy atom. The van der Waals surface area contributed by atoms with Gasteiger partial charge in [-0.15, -0.1) is 0 Å². The van der Waals surface area contributed by atoms with Gasteiger partial charge < -0.3 is 14.6 Å². The summed E-state index contributed by atoms with van der Waals surface area (Å²) in [5.41, 5.74) is 5.17. The van der Waals surface area contributed by atoms with E-state index in [4.69, 9.17) is 14.6 Å². The lowest BCUT2D eigenvalue weighted by Crippen LogP contribution is -2.17. The molecular formula is C6H17NO3Si2. The summed E-state index contributed by atoms with van der Waals surface area (Å²) in [6.45, 7) is 2.82. The van der Waals surface area contributed by atoms with Crippen LogP contribution in [0.5, 0.6) is 0 Å². The molecule has 0 rings (SSSR count). The highest BCUT2D eigenvalue weighted by atomic mass is 28.3. The van der Waals surface area contributed by atoms with E-state index in [9.17, 15) is 4.79 Å². The van der Waals surface area contributed by atoms with Crippen molar-refractivity contribution in [2.45, 2.75) is 19.0 Å². The monoisotopic (exact) mass is 207 g/mol. The summed E-state index contributed by atoms with van der Waals surface area (Å²) in [6.07, 6.45) is 0.482. The van der Waals surface area contributed by atoms with Crippen LogP contribution in [0.1, 0.15) is 6.42 Å². The molecule has 0 spiro atoms. The Bertz CT molecular complexity index is 134. The van der Waals surface area contributed by atoms with E-state index in [0.29, 0.717) is 19.6 Å². The van der Waals surface area contributed by atoms with E-state index < -0.39 is 9.04 Å². The Morgan fingerprint density at radius 1 is 1.67 bits per heavy atom. The molecule has 6 heteroatoms. The SMILES string of the molecule is C[SiH](CCC(=O)OCCN)O[SiH3]. The zero-order chi connectivity index (χ0) is 9.40. The Morgan fingerprint density at radius 3 is 2.83 bits per heavy atom. The molecule has 0 aromatic heterocycles. The van der Waals surface area contributed by atoms with Crippen molar-refractivity contribution < 1.29 is 13.6 Å². The first-order valence-corrected chi connectivity index (χ1v) is 7.35. The molecular weight excluding hydrogens is 190 g/mol. The van der Waals surface area contributed by atoms with Crippen molar-refractivity contribution in [3.05, 3.63) is 0 Å². The van der Waals surface area contributed by atoms with Crippen LogP contribution in [0.25, 0.3) is 0 Å². The van der Waals surface area contributed by atoms with Gasteiger partial charge in [-0.05, 0) is 12.6 Å². The Labute approximate surface area is 77.7 Å². The van der Waals surface area contributed by atoms with Gasteiger partial charge in [0.1, 0.15) is 17.1 Å². The van der Waals surface area contributed by atoms with Crippen LogP contribution in [0.4, 0.5) is 0 Å². The average molecular weight is 207 g/mol. The molecule has 0 fully saturated rings. The molecule has 12 heavy (non-hydrogen) atoms. The minimum absolute atomic E-state index is 0.154. The highest BCUT2D eigenvalue weighted by Gasteiger charge is 2.07. The zero-order valence-electron chi connectivity index (χ0n) is 7.71. The predicted molar refractivity (Wildman–Crippen MR) is 53.5 cm³/mol. The van der Waals surface area contributed by atoms with Gasteiger partial charge >= 0.3 is 5.97 Å². The van der Waals surface area contributed by atoms with Gasteiger partial charge in [0.15, 0.2) is 9.04 Å². The van der Waals surface area contributed by atoms with Crippen LogP contribution in [0.15, 0.2) is 0 Å². The maximum Gasteiger partial charge on any atom is 0.305 e. The number of carbonyl (C=O) groups excluding carboxylic acids is 1. The molecule has 0 aliphatic rings. The molecule has 0 bridgehead atoms. The molecule has 0 aromatic rings. The van der Waals surface area contributed by atoms with E-state index in [1.54, 1.807) is 0 Å². The number of ether oxygens (including phenoxy) is 1. The number of hydrogen-bond acceptors (Lipinski definition) is 4. The summed E-state index contributed by atoms with van der Waals surface area (Å²) in [5, 5.41) is 0. The standard InChI is InChI=1S/C6H17NO3Si2/c1-12(10-11)5-2-6(8)9-4-3-7/h12H,2-5,7H2,1,11H3. The van der Waals surface area contributed by atoms with E-state index in [2.05, 4.69) is 6.55 Å². The fraction of sp³-hybridized carbons (Fsp3) is 0.833. The lowest BCUT2D eigenvalue weighted by atomic mass is 10.5. The predicted octanol–water partition coefficient (Wildman–Crippen LogP) is -1.47. The second-order valence-corrected chi connectivity index (χ2v) is 6.68. The summed E-state index contributed by atoms with van der Waals surface area (Å²) in [6, 6.07) is 0.868. The first kappa shape index (κ1) is 11.8. The summed E-state index contributed by atoms with van der Waals surface area (Å²) in [5.74, 6) is -0.154. The quantitative estimate of drug-likeness (QED) is 0.427. The van der Waals surface area contributed by atoms with Crippen molar-refractivity contribution >= 4 is 25.5 Å². The molecule has 0 heterocycles. The van der Waals surface area contributed by atoms with E-state index in [1.807, 2.05) is 0 Å². The van der Waals surface area contributed by atoms with Crippen molar-refractivity contribution in [3.63, 3.8) is 0 Å². The molecule has 1 atom stereocenters. The van der Waals surface area contributed by atoms with Crippen LogP contribution >= 0.6 is 0 Å². The third-order valence-corrected chi connectivity index (χ3v) is 5.86. The molecule has 0 aromatic carbocycles. The maximum atomic E-state index is 10.9. The highest BCUT2D eigenvalue weighted by Crippen LogP contribution is 1.99. The molecule has 0 saturated heterocycles. The van der Waals surface area contributed by atoms with Gasteiger partial charge in [-0.3, -0.25) is 4.79 Å². The summed E-state index contributed by atoms with van der Waals surface area (Å²) in [4.78, 5) is 10.9. The van der Waals surface area contributed by atoms with Crippen molar-refractivity contribution in [1.82, 2.24) is 0 Å². The molecule has 0 aliphatic heterocycles. The number of carbonyl (C=O) groups is 1. The lowest BCUT2D eigenvalue weighted by Gasteiger charge is -2.07. The van der Waals surface area contributed by atoms with Crippen LogP contribution in [-0.2, 0) is 13.6 Å². The highest BCUT2D eigenvalue weighted by molar-refractivity contribution is 6.54. The largest absolute Gasteiger partial charge is 0.466 e. The molecule has 0 amide bonds. The van der Waals surface area contributed by atoms with Crippen molar-refractivity contribution in [3.8, 4) is 0 Å². The fourth-order valence-corrected chi connectivity index (χ4v) is 2.27. The summed E-state index contributed by atoms with van der Waals surface area (Å²) >= 11 is 0. The Kier molecular flexibility index (Phi) is 7.36. The van der Waals surface area contributed by atoms with E-state index in [1.165, 1.54) is 0 Å². The molecule has 0 radical (unpaired) electrons. The first-order valence-electron chi connectivity index (χ1n) is 4.09. The zero-order valence-corrected chi connectivity index (χ0v) is 10.9. The van der Waals surface area contributed by atoms with Gasteiger partial charge in [-0.1, -0.05) is 0 Å². The minimum atomic E-state index is -1.04. The molecule has 2 N–H and O–H groups in total. The molecule has 0 aliphatic carbocycles. The average Bonchev–Trinajstić information content (AvgIpc) is 2.10. The first-order chi connectivity index (χ1) is 5.70. The van der Waals surface area contributed by atoms with E-state index in [-0.39, 0.29) is 5.97 Å². The molecule has 72 valence electrons. The van der Waals surface area contributed by atoms with Crippen molar-refractivity contribution in [1.29, 1.82) is 0 Å². The van der Waals surface area contributed by atoms with Gasteiger partial charge in [0, 0.05) is 13.0 Å². The Hall–Kier alpha value is -0.176. The number of rotatable bonds is 6. The summed E-state index contributed by atoms with van der Waals surface area (Å²) < 4.78 is 10.1. The van der Waals surface area contributed by atoms with Crippen LogP contribution in [0, 0.1) is 0 Å².